The van der Waals surface area contributed by atoms with Crippen LogP contribution in [0.1, 0.15) is 40.5 Å². The summed E-state index contributed by atoms with van der Waals surface area (Å²) in [5.41, 5.74) is 1.71. The van der Waals surface area contributed by atoms with E-state index in [1.165, 1.54) is 11.8 Å². The molecule has 0 saturated carbocycles. The van der Waals surface area contributed by atoms with Crippen LogP contribution in [0.25, 0.3) is 0 Å². The molecule has 0 aromatic heterocycles. The first kappa shape index (κ1) is 18.8. The van der Waals surface area contributed by atoms with E-state index in [2.05, 4.69) is 5.32 Å². The van der Waals surface area contributed by atoms with Gasteiger partial charge in [0.1, 0.15) is 0 Å². The molecule has 3 amide bonds. The Morgan fingerprint density at radius 3 is 2.07 bits per heavy atom. The third kappa shape index (κ3) is 3.38. The molecule has 1 fully saturated rings. The summed E-state index contributed by atoms with van der Waals surface area (Å²) in [6.45, 7) is 1.44. The normalized spacial score (nSPS) is 20.5. The second-order valence-corrected chi connectivity index (χ2v) is 7.27. The molecule has 146 valence electrons. The van der Waals surface area contributed by atoms with Gasteiger partial charge in [-0.05, 0) is 56.2 Å². The van der Waals surface area contributed by atoms with E-state index in [4.69, 9.17) is 0 Å². The Bertz CT molecular complexity index is 1010. The number of fused-ring (bicyclic) bond motifs is 1. The highest BCUT2D eigenvalue weighted by Crippen LogP contribution is 2.37. The van der Waals surface area contributed by atoms with Crippen molar-refractivity contribution >= 4 is 34.9 Å². The first-order chi connectivity index (χ1) is 14.0. The second kappa shape index (κ2) is 7.47. The van der Waals surface area contributed by atoms with Crippen molar-refractivity contribution in [2.75, 3.05) is 10.2 Å². The molecule has 0 radical (unpaired) electrons. The molecule has 0 bridgehead atoms. The van der Waals surface area contributed by atoms with Crippen LogP contribution in [0.15, 0.2) is 60.7 Å². The van der Waals surface area contributed by atoms with Crippen molar-refractivity contribution in [1.82, 2.24) is 0 Å². The van der Waals surface area contributed by atoms with E-state index >= 15 is 0 Å². The Hall–Kier alpha value is -3.54. The third-order valence-electron chi connectivity index (χ3n) is 5.45. The fraction of sp³-hybridized carbons (Fsp3) is 0.217. The van der Waals surface area contributed by atoms with Gasteiger partial charge in [0, 0.05) is 11.1 Å². The van der Waals surface area contributed by atoms with Crippen LogP contribution in [-0.2, 0) is 9.59 Å². The highest BCUT2D eigenvalue weighted by Gasteiger charge is 2.47. The monoisotopic (exact) mass is 388 g/mol. The molecular formula is C23H20N2O4. The van der Waals surface area contributed by atoms with Crippen LogP contribution in [0.4, 0.5) is 11.4 Å². The van der Waals surface area contributed by atoms with Gasteiger partial charge in [0.05, 0.1) is 23.2 Å². The lowest BCUT2D eigenvalue weighted by molar-refractivity contribution is -0.122. The summed E-state index contributed by atoms with van der Waals surface area (Å²) in [6.07, 6.45) is 5.06. The first-order valence-electron chi connectivity index (χ1n) is 9.51. The molecule has 1 saturated heterocycles. The molecule has 1 aliphatic heterocycles. The predicted molar refractivity (Wildman–Crippen MR) is 109 cm³/mol. The van der Waals surface area contributed by atoms with Gasteiger partial charge in [-0.25, -0.2) is 0 Å². The van der Waals surface area contributed by atoms with E-state index in [1.807, 2.05) is 12.2 Å². The quantitative estimate of drug-likeness (QED) is 0.493. The highest BCUT2D eigenvalue weighted by molar-refractivity contribution is 6.22. The summed E-state index contributed by atoms with van der Waals surface area (Å²) in [7, 11) is 0. The van der Waals surface area contributed by atoms with Gasteiger partial charge < -0.3 is 5.32 Å². The number of para-hydroxylation sites is 1. The van der Waals surface area contributed by atoms with Crippen LogP contribution in [0.2, 0.25) is 0 Å². The molecule has 6 nitrogen and oxygen atoms in total. The van der Waals surface area contributed by atoms with Crippen molar-refractivity contribution in [2.45, 2.75) is 19.8 Å². The fourth-order valence-corrected chi connectivity index (χ4v) is 3.91. The van der Waals surface area contributed by atoms with Gasteiger partial charge >= 0.3 is 0 Å². The molecule has 6 heteroatoms. The van der Waals surface area contributed by atoms with Gasteiger partial charge in [-0.1, -0.05) is 24.3 Å². The molecule has 1 N–H and O–H groups in total. The minimum absolute atomic E-state index is 0.140. The summed E-state index contributed by atoms with van der Waals surface area (Å²) in [5.74, 6) is -1.47. The minimum atomic E-state index is -0.373. The molecule has 2 unspecified atom stereocenters. The van der Waals surface area contributed by atoms with Crippen molar-refractivity contribution < 1.29 is 19.2 Å². The van der Waals surface area contributed by atoms with Crippen LogP contribution >= 0.6 is 0 Å². The molecule has 2 aromatic carbocycles. The Kier molecular flexibility index (Phi) is 4.84. The maximum Gasteiger partial charge on any atom is 0.255 e. The molecule has 0 spiro atoms. The third-order valence-corrected chi connectivity index (χ3v) is 5.45. The van der Waals surface area contributed by atoms with E-state index in [1.54, 1.807) is 48.5 Å². The summed E-state index contributed by atoms with van der Waals surface area (Å²) >= 11 is 0. The lowest BCUT2D eigenvalue weighted by atomic mass is 9.85. The zero-order chi connectivity index (χ0) is 20.5. The Balaban J connectivity index is 1.53. The average Bonchev–Trinajstić information content (AvgIpc) is 2.99. The maximum absolute atomic E-state index is 12.7. The second-order valence-electron chi connectivity index (χ2n) is 7.27. The summed E-state index contributed by atoms with van der Waals surface area (Å²) in [5, 5.41) is 2.74. The van der Waals surface area contributed by atoms with Crippen LogP contribution < -0.4 is 10.2 Å². The summed E-state index contributed by atoms with van der Waals surface area (Å²) in [4.78, 5) is 50.9. The van der Waals surface area contributed by atoms with E-state index in [0.717, 1.165) is 0 Å². The number of ketones is 1. The van der Waals surface area contributed by atoms with Gasteiger partial charge in [-0.15, -0.1) is 0 Å². The number of Topliss-reactive ketones (excluding diaryl/α,β-unsaturated/α-hetero) is 1. The fourth-order valence-electron chi connectivity index (χ4n) is 3.91. The number of amides is 3. The number of nitrogens with one attached hydrogen (secondary N) is 1. The zero-order valence-electron chi connectivity index (χ0n) is 15.9. The number of carbonyl (C=O) groups is 4. The number of imide groups is 1. The van der Waals surface area contributed by atoms with Gasteiger partial charge in [0.25, 0.3) is 5.91 Å². The maximum atomic E-state index is 12.7. The molecular weight excluding hydrogens is 368 g/mol. The molecule has 2 atom stereocenters. The van der Waals surface area contributed by atoms with Gasteiger partial charge in [-0.3, -0.25) is 24.1 Å². The van der Waals surface area contributed by atoms with Crippen molar-refractivity contribution in [3.8, 4) is 0 Å². The van der Waals surface area contributed by atoms with Gasteiger partial charge in [0.2, 0.25) is 11.8 Å². The average molecular weight is 388 g/mol. The topological polar surface area (TPSA) is 83.6 Å². The van der Waals surface area contributed by atoms with E-state index < -0.39 is 0 Å². The lowest BCUT2D eigenvalue weighted by Gasteiger charge is -2.15. The zero-order valence-corrected chi connectivity index (χ0v) is 15.9. The molecule has 2 aliphatic rings. The van der Waals surface area contributed by atoms with E-state index in [9.17, 15) is 19.2 Å². The number of nitrogens with zero attached hydrogens (tertiary/aromatic N) is 1. The Morgan fingerprint density at radius 2 is 1.48 bits per heavy atom. The molecule has 4 rings (SSSR count). The number of anilines is 2. The van der Waals surface area contributed by atoms with E-state index in [0.29, 0.717) is 35.3 Å². The first-order valence-corrected chi connectivity index (χ1v) is 9.51. The van der Waals surface area contributed by atoms with Gasteiger partial charge in [0.15, 0.2) is 5.78 Å². The van der Waals surface area contributed by atoms with Gasteiger partial charge in [-0.2, -0.15) is 0 Å². The SMILES string of the molecule is CC(=O)c1ccccc1NC(=O)c1ccc(N2C(=O)C3CC=CCC3C2=O)cc1. The summed E-state index contributed by atoms with van der Waals surface area (Å²) < 4.78 is 0. The number of carbonyl (C=O) groups excluding carboxylic acids is 4. The lowest BCUT2D eigenvalue weighted by Crippen LogP contribution is -2.30. The molecule has 1 heterocycles. The van der Waals surface area contributed by atoms with Crippen LogP contribution in [-0.4, -0.2) is 23.5 Å². The predicted octanol–water partition coefficient (Wildman–Crippen LogP) is 3.60. The molecule has 29 heavy (non-hydrogen) atoms. The van der Waals surface area contributed by atoms with Crippen LogP contribution in [0.5, 0.6) is 0 Å². The molecule has 2 aromatic rings. The highest BCUT2D eigenvalue weighted by atomic mass is 16.2. The van der Waals surface area contributed by atoms with E-state index in [-0.39, 0.29) is 35.3 Å². The number of allylic oxidation sites excluding steroid dienone is 2. The number of hydrogen-bond acceptors (Lipinski definition) is 4. The van der Waals surface area contributed by atoms with Crippen molar-refractivity contribution in [3.63, 3.8) is 0 Å². The number of benzene rings is 2. The van der Waals surface area contributed by atoms with Crippen LogP contribution in [0, 0.1) is 11.8 Å². The van der Waals surface area contributed by atoms with Crippen molar-refractivity contribution in [3.05, 3.63) is 71.8 Å². The Labute approximate surface area is 168 Å². The Morgan fingerprint density at radius 1 is 0.897 bits per heavy atom. The smallest absolute Gasteiger partial charge is 0.255 e. The largest absolute Gasteiger partial charge is 0.321 e. The number of hydrogen-bond donors (Lipinski definition) is 1. The van der Waals surface area contributed by atoms with Crippen molar-refractivity contribution in [1.29, 1.82) is 0 Å². The van der Waals surface area contributed by atoms with Crippen molar-refractivity contribution in [2.24, 2.45) is 11.8 Å². The molecule has 1 aliphatic carbocycles. The number of rotatable bonds is 4. The van der Waals surface area contributed by atoms with Crippen LogP contribution in [0.3, 0.4) is 0 Å². The summed E-state index contributed by atoms with van der Waals surface area (Å²) in [6, 6.07) is 13.1. The standard InChI is InChI=1S/C23H20N2O4/c1-14(26)17-6-4-5-9-20(17)24-21(27)15-10-12-16(13-11-15)25-22(28)18-7-2-3-8-19(18)23(25)29/h2-6,9-13,18-19H,7-8H2,1H3,(H,24,27). The minimum Gasteiger partial charge on any atom is -0.321 e.